The molecule has 0 bridgehead atoms. The number of nitro groups is 1. The van der Waals surface area contributed by atoms with Crippen molar-refractivity contribution in [2.24, 2.45) is 0 Å². The van der Waals surface area contributed by atoms with E-state index < -0.39 is 4.92 Å². The van der Waals surface area contributed by atoms with E-state index in [1.54, 1.807) is 0 Å². The van der Waals surface area contributed by atoms with Crippen LogP contribution < -0.4 is 5.32 Å². The first-order chi connectivity index (χ1) is 11.6. The van der Waals surface area contributed by atoms with E-state index in [9.17, 15) is 10.1 Å². The number of hydrogen-bond donors (Lipinski definition) is 2. The van der Waals surface area contributed by atoms with Crippen LogP contribution in [0.5, 0.6) is 0 Å². The first-order valence-corrected chi connectivity index (χ1v) is 8.44. The van der Waals surface area contributed by atoms with Gasteiger partial charge in [-0.2, -0.15) is 5.10 Å². The van der Waals surface area contributed by atoms with E-state index in [1.807, 2.05) is 6.07 Å². The van der Waals surface area contributed by atoms with Gasteiger partial charge in [-0.25, -0.2) is 9.97 Å². The quantitative estimate of drug-likeness (QED) is 0.514. The van der Waals surface area contributed by atoms with Crippen LogP contribution in [0, 0.1) is 10.1 Å². The molecule has 0 saturated heterocycles. The van der Waals surface area contributed by atoms with Crippen molar-refractivity contribution in [1.82, 2.24) is 20.2 Å². The van der Waals surface area contributed by atoms with Gasteiger partial charge < -0.3 is 5.32 Å². The highest BCUT2D eigenvalue weighted by Gasteiger charge is 2.25. The summed E-state index contributed by atoms with van der Waals surface area (Å²) in [6.45, 7) is 0. The Labute approximate surface area is 146 Å². The average Bonchev–Trinajstić information content (AvgIpc) is 3.10. The number of nitrogens with zero attached hydrogens (tertiary/aromatic N) is 4. The predicted octanol–water partition coefficient (Wildman–Crippen LogP) is 4.36. The van der Waals surface area contributed by atoms with E-state index in [-0.39, 0.29) is 7.11 Å². The van der Waals surface area contributed by atoms with E-state index in [0.717, 1.165) is 5.69 Å². The van der Waals surface area contributed by atoms with E-state index >= 15 is 0 Å². The summed E-state index contributed by atoms with van der Waals surface area (Å²) in [4.78, 5) is 19.5. The van der Waals surface area contributed by atoms with Crippen molar-refractivity contribution in [3.8, 4) is 10.7 Å². The van der Waals surface area contributed by atoms with Crippen molar-refractivity contribution in [2.75, 3.05) is 5.32 Å². The minimum Gasteiger partial charge on any atom is -0.322 e. The van der Waals surface area contributed by atoms with Gasteiger partial charge in [0.15, 0.2) is 17.5 Å². The minimum atomic E-state index is -0.446. The molecule has 3 heterocycles. The summed E-state index contributed by atoms with van der Waals surface area (Å²) < 4.78 is 0. The van der Waals surface area contributed by atoms with Crippen molar-refractivity contribution in [3.63, 3.8) is 0 Å². The van der Waals surface area contributed by atoms with Gasteiger partial charge >= 0.3 is 0 Å². The molecule has 3 aromatic heterocycles. The van der Waals surface area contributed by atoms with E-state index in [2.05, 4.69) is 25.5 Å². The zero-order valence-electron chi connectivity index (χ0n) is 12.2. The molecule has 1 fully saturated rings. The summed E-state index contributed by atoms with van der Waals surface area (Å²) >= 11 is 7.35. The van der Waals surface area contributed by atoms with Gasteiger partial charge in [0.1, 0.15) is 5.02 Å². The second-order valence-corrected chi connectivity index (χ2v) is 6.74. The molecule has 0 aliphatic heterocycles. The lowest BCUT2D eigenvalue weighted by Gasteiger charge is -2.05. The lowest BCUT2D eigenvalue weighted by molar-refractivity contribution is -0.384. The van der Waals surface area contributed by atoms with Gasteiger partial charge in [-0.15, -0.1) is 11.3 Å². The highest BCUT2D eigenvalue weighted by atomic mass is 35.5. The van der Waals surface area contributed by atoms with Gasteiger partial charge in [-0.05, 0) is 12.8 Å². The molecule has 1 saturated carbocycles. The van der Waals surface area contributed by atoms with Crippen molar-refractivity contribution in [2.45, 2.75) is 18.8 Å². The topological polar surface area (TPSA) is 110 Å². The van der Waals surface area contributed by atoms with Gasteiger partial charge in [0.05, 0.1) is 21.4 Å². The normalized spacial score (nSPS) is 13.9. The Morgan fingerprint density at radius 3 is 3.00 bits per heavy atom. The molecule has 1 aliphatic rings. The van der Waals surface area contributed by atoms with Crippen LogP contribution in [0.4, 0.5) is 17.3 Å². The van der Waals surface area contributed by atoms with Crippen LogP contribution in [-0.4, -0.2) is 25.1 Å². The van der Waals surface area contributed by atoms with Gasteiger partial charge in [-0.1, -0.05) is 11.6 Å². The monoisotopic (exact) mass is 364 g/mol. The second kappa shape index (κ2) is 5.84. The fraction of sp³-hybridized carbons (Fsp3) is 0.214. The summed E-state index contributed by atoms with van der Waals surface area (Å²) in [5, 5.41) is 22.9. The third-order valence-corrected chi connectivity index (χ3v) is 4.81. The van der Waals surface area contributed by atoms with E-state index in [4.69, 9.17) is 11.6 Å². The van der Waals surface area contributed by atoms with Crippen molar-refractivity contribution in [1.29, 1.82) is 0 Å². The number of H-pyrrole nitrogens is 1. The second-order valence-electron chi connectivity index (χ2n) is 5.42. The van der Waals surface area contributed by atoms with Gasteiger partial charge in [0.25, 0.3) is 5.69 Å². The molecule has 4 rings (SSSR count). The molecule has 0 amide bonds. The third kappa shape index (κ3) is 2.95. The Balaban J connectivity index is 0.00000182. The third-order valence-electron chi connectivity index (χ3n) is 3.62. The number of thiophene rings is 1. The molecule has 0 unspecified atom stereocenters. The van der Waals surface area contributed by atoms with Crippen LogP contribution in [-0.2, 0) is 0 Å². The van der Waals surface area contributed by atoms with Crippen LogP contribution in [0.3, 0.4) is 0 Å². The molecular weight excluding hydrogens is 352 g/mol. The van der Waals surface area contributed by atoms with Gasteiger partial charge in [-0.3, -0.25) is 15.2 Å². The van der Waals surface area contributed by atoms with Crippen LogP contribution in [0.1, 0.15) is 25.9 Å². The summed E-state index contributed by atoms with van der Waals surface area (Å²) in [5.74, 6) is 1.97. The number of aromatic amines is 1. The molecular formula is C14H13ClN6O2S. The Bertz CT molecular complexity index is 926. The zero-order valence-corrected chi connectivity index (χ0v) is 13.8. The molecule has 8 nitrogen and oxygen atoms in total. The smallest absolute Gasteiger partial charge is 0.280 e. The Morgan fingerprint density at radius 1 is 1.46 bits per heavy atom. The standard InChI is InChI=1S/C14H11ClN6O2S.H2/c15-9-5-16-14(11-3-8(6-24-11)21(22)23)18-13(9)17-12-4-10(19-20-12)7-1-2-7;/h3-7H,1-2H2,(H2,16,17,18,19,20);1H. The molecule has 0 aromatic carbocycles. The number of anilines is 2. The largest absolute Gasteiger partial charge is 0.322 e. The average molecular weight is 365 g/mol. The number of hydrogen-bond acceptors (Lipinski definition) is 7. The molecule has 24 heavy (non-hydrogen) atoms. The van der Waals surface area contributed by atoms with Crippen LogP contribution in [0.15, 0.2) is 23.7 Å². The van der Waals surface area contributed by atoms with Crippen molar-refractivity contribution < 1.29 is 6.35 Å². The number of nitrogens with one attached hydrogen (secondary N) is 2. The van der Waals surface area contributed by atoms with Gasteiger partial charge in [0.2, 0.25) is 0 Å². The zero-order chi connectivity index (χ0) is 16.7. The maximum absolute atomic E-state index is 10.8. The number of aromatic nitrogens is 4. The molecule has 0 radical (unpaired) electrons. The first kappa shape index (κ1) is 15.0. The molecule has 10 heteroatoms. The first-order valence-electron chi connectivity index (χ1n) is 7.18. The lowest BCUT2D eigenvalue weighted by atomic mass is 10.3. The number of halogens is 1. The summed E-state index contributed by atoms with van der Waals surface area (Å²) in [7, 11) is 0. The molecule has 1 aliphatic carbocycles. The van der Waals surface area contributed by atoms with Crippen LogP contribution in [0.25, 0.3) is 10.7 Å². The van der Waals surface area contributed by atoms with Gasteiger partial charge in [0, 0.05) is 25.2 Å². The van der Waals surface area contributed by atoms with Crippen LogP contribution in [0.2, 0.25) is 5.02 Å². The fourth-order valence-corrected chi connectivity index (χ4v) is 3.17. The molecule has 124 valence electrons. The molecule has 0 atom stereocenters. The minimum absolute atomic E-state index is 0. The van der Waals surface area contributed by atoms with Crippen LogP contribution >= 0.6 is 22.9 Å². The molecule has 0 spiro atoms. The highest BCUT2D eigenvalue weighted by Crippen LogP contribution is 2.40. The molecule has 3 aromatic rings. The van der Waals surface area contributed by atoms with E-state index in [1.165, 1.54) is 41.8 Å². The highest BCUT2D eigenvalue weighted by molar-refractivity contribution is 7.13. The van der Waals surface area contributed by atoms with Crippen molar-refractivity contribution >= 4 is 40.3 Å². The Hall–Kier alpha value is -2.52. The maximum atomic E-state index is 10.8. The Morgan fingerprint density at radius 2 is 2.29 bits per heavy atom. The van der Waals surface area contributed by atoms with E-state index in [0.29, 0.717) is 33.3 Å². The fourth-order valence-electron chi connectivity index (χ4n) is 2.24. The Kier molecular flexibility index (Phi) is 3.66. The molecule has 2 N–H and O–H groups in total. The SMILES string of the molecule is O=[N+]([O-])c1csc(-c2ncc(Cl)c(Nc3cc(C4CC4)[nH]n3)n2)c1.[HH]. The summed E-state index contributed by atoms with van der Waals surface area (Å²) in [6.07, 6.45) is 3.82. The predicted molar refractivity (Wildman–Crippen MR) is 93.0 cm³/mol. The summed E-state index contributed by atoms with van der Waals surface area (Å²) in [5.41, 5.74) is 1.11. The van der Waals surface area contributed by atoms with Crippen molar-refractivity contribution in [3.05, 3.63) is 44.5 Å². The maximum Gasteiger partial charge on any atom is 0.280 e. The summed E-state index contributed by atoms with van der Waals surface area (Å²) in [6, 6.07) is 3.38. The lowest BCUT2D eigenvalue weighted by Crippen LogP contribution is -1.98. The number of rotatable bonds is 5.